The van der Waals surface area contributed by atoms with Gasteiger partial charge in [0.05, 0.1) is 26.3 Å². The summed E-state index contributed by atoms with van der Waals surface area (Å²) in [5, 5.41) is 2.84. The molecule has 0 radical (unpaired) electrons. The van der Waals surface area contributed by atoms with Gasteiger partial charge in [0.25, 0.3) is 0 Å². The third kappa shape index (κ3) is 4.16. The zero-order chi connectivity index (χ0) is 15.2. The molecule has 2 aromatic rings. The van der Waals surface area contributed by atoms with E-state index in [1.54, 1.807) is 32.4 Å². The van der Waals surface area contributed by atoms with Crippen molar-refractivity contribution in [2.75, 3.05) is 19.5 Å². The number of carbonyl (C=O) groups is 1. The van der Waals surface area contributed by atoms with E-state index in [0.29, 0.717) is 17.2 Å². The third-order valence-corrected chi connectivity index (χ3v) is 3.28. The number of amides is 1. The number of rotatable bonds is 5. The third-order valence-electron chi connectivity index (χ3n) is 2.98. The highest BCUT2D eigenvalue weighted by molar-refractivity contribution is 7.80. The maximum absolute atomic E-state index is 12.1. The number of benzene rings is 2. The first-order valence-corrected chi connectivity index (χ1v) is 6.87. The fourth-order valence-electron chi connectivity index (χ4n) is 1.91. The molecule has 0 unspecified atom stereocenters. The lowest BCUT2D eigenvalue weighted by molar-refractivity contribution is -0.115. The van der Waals surface area contributed by atoms with Gasteiger partial charge in [0.2, 0.25) is 5.91 Å². The van der Waals surface area contributed by atoms with Crippen molar-refractivity contribution in [1.29, 1.82) is 0 Å². The molecular formula is C16H17NO3S. The van der Waals surface area contributed by atoms with E-state index in [-0.39, 0.29) is 12.3 Å². The fourth-order valence-corrected chi connectivity index (χ4v) is 2.05. The van der Waals surface area contributed by atoms with Gasteiger partial charge in [0.1, 0.15) is 11.5 Å². The topological polar surface area (TPSA) is 47.6 Å². The van der Waals surface area contributed by atoms with E-state index in [9.17, 15) is 4.79 Å². The lowest BCUT2D eigenvalue weighted by atomic mass is 10.1. The van der Waals surface area contributed by atoms with Crippen molar-refractivity contribution in [1.82, 2.24) is 0 Å². The smallest absolute Gasteiger partial charge is 0.228 e. The minimum absolute atomic E-state index is 0.117. The Balaban J connectivity index is 2.09. The van der Waals surface area contributed by atoms with Crippen LogP contribution in [0.1, 0.15) is 5.56 Å². The lowest BCUT2D eigenvalue weighted by Gasteiger charge is -2.11. The largest absolute Gasteiger partial charge is 0.497 e. The van der Waals surface area contributed by atoms with E-state index >= 15 is 0 Å². The van der Waals surface area contributed by atoms with Gasteiger partial charge in [-0.05, 0) is 29.8 Å². The number of nitrogens with one attached hydrogen (secondary N) is 1. The zero-order valence-electron chi connectivity index (χ0n) is 11.9. The SMILES string of the molecule is COc1ccc(OC)c(NC(=O)Cc2ccc(S)cc2)c1. The van der Waals surface area contributed by atoms with Crippen LogP contribution in [0, 0.1) is 0 Å². The minimum atomic E-state index is -0.117. The predicted octanol–water partition coefficient (Wildman–Crippen LogP) is 3.17. The van der Waals surface area contributed by atoms with E-state index in [2.05, 4.69) is 17.9 Å². The summed E-state index contributed by atoms with van der Waals surface area (Å²) >= 11 is 4.22. The van der Waals surface area contributed by atoms with Crippen LogP contribution in [0.4, 0.5) is 5.69 Å². The Labute approximate surface area is 129 Å². The number of hydrogen-bond acceptors (Lipinski definition) is 4. The average molecular weight is 303 g/mol. The van der Waals surface area contributed by atoms with Crippen LogP contribution in [0.3, 0.4) is 0 Å². The molecule has 110 valence electrons. The summed E-state index contributed by atoms with van der Waals surface area (Å²) in [5.41, 5.74) is 1.51. The second kappa shape index (κ2) is 7.04. The summed E-state index contributed by atoms with van der Waals surface area (Å²) in [5.74, 6) is 1.13. The molecule has 2 aromatic carbocycles. The van der Waals surface area contributed by atoms with Crippen molar-refractivity contribution in [3.63, 3.8) is 0 Å². The Morgan fingerprint density at radius 2 is 1.81 bits per heavy atom. The highest BCUT2D eigenvalue weighted by Crippen LogP contribution is 2.28. The van der Waals surface area contributed by atoms with E-state index in [4.69, 9.17) is 9.47 Å². The van der Waals surface area contributed by atoms with Crippen molar-refractivity contribution in [2.45, 2.75) is 11.3 Å². The Bertz CT molecular complexity index is 626. The van der Waals surface area contributed by atoms with Crippen LogP contribution in [-0.4, -0.2) is 20.1 Å². The van der Waals surface area contributed by atoms with Crippen LogP contribution in [0.5, 0.6) is 11.5 Å². The first-order valence-electron chi connectivity index (χ1n) is 6.42. The van der Waals surface area contributed by atoms with Crippen molar-refractivity contribution in [2.24, 2.45) is 0 Å². The van der Waals surface area contributed by atoms with Crippen LogP contribution in [0.2, 0.25) is 0 Å². The predicted molar refractivity (Wildman–Crippen MR) is 85.6 cm³/mol. The van der Waals surface area contributed by atoms with Crippen LogP contribution >= 0.6 is 12.6 Å². The molecule has 0 aliphatic heterocycles. The van der Waals surface area contributed by atoms with Crippen LogP contribution in [0.15, 0.2) is 47.4 Å². The molecular weight excluding hydrogens is 286 g/mol. The van der Waals surface area contributed by atoms with E-state index in [0.717, 1.165) is 10.5 Å². The highest BCUT2D eigenvalue weighted by atomic mass is 32.1. The number of ether oxygens (including phenoxy) is 2. The molecule has 5 heteroatoms. The highest BCUT2D eigenvalue weighted by Gasteiger charge is 2.09. The standard InChI is InChI=1S/C16H17NO3S/c1-19-12-5-8-15(20-2)14(10-12)17-16(18)9-11-3-6-13(21)7-4-11/h3-8,10,21H,9H2,1-2H3,(H,17,18). The molecule has 0 bridgehead atoms. The van der Waals surface area contributed by atoms with Gasteiger partial charge >= 0.3 is 0 Å². The van der Waals surface area contributed by atoms with E-state index in [1.165, 1.54) is 0 Å². The molecule has 0 heterocycles. The molecule has 0 saturated heterocycles. The Hall–Kier alpha value is -2.14. The first kappa shape index (κ1) is 15.3. The number of hydrogen-bond donors (Lipinski definition) is 2. The van der Waals surface area contributed by atoms with Crippen molar-refractivity contribution < 1.29 is 14.3 Å². The molecule has 2 rings (SSSR count). The van der Waals surface area contributed by atoms with Gasteiger partial charge in [0.15, 0.2) is 0 Å². The molecule has 0 aromatic heterocycles. The summed E-state index contributed by atoms with van der Waals surface area (Å²) < 4.78 is 10.4. The number of methoxy groups -OCH3 is 2. The van der Waals surface area contributed by atoms with Crippen molar-refractivity contribution in [3.8, 4) is 11.5 Å². The maximum atomic E-state index is 12.1. The number of thiol groups is 1. The normalized spacial score (nSPS) is 10.0. The molecule has 0 spiro atoms. The summed E-state index contributed by atoms with van der Waals surface area (Å²) in [6.45, 7) is 0. The quantitative estimate of drug-likeness (QED) is 0.834. The summed E-state index contributed by atoms with van der Waals surface area (Å²) in [4.78, 5) is 13.0. The molecule has 21 heavy (non-hydrogen) atoms. The first-order chi connectivity index (χ1) is 10.1. The van der Waals surface area contributed by atoms with Gasteiger partial charge < -0.3 is 14.8 Å². The fraction of sp³-hybridized carbons (Fsp3) is 0.188. The molecule has 4 nitrogen and oxygen atoms in total. The minimum Gasteiger partial charge on any atom is -0.497 e. The molecule has 0 atom stereocenters. The molecule has 0 fully saturated rings. The molecule has 1 N–H and O–H groups in total. The zero-order valence-corrected chi connectivity index (χ0v) is 12.8. The average Bonchev–Trinajstić information content (AvgIpc) is 2.49. The van der Waals surface area contributed by atoms with E-state index in [1.807, 2.05) is 24.3 Å². The van der Waals surface area contributed by atoms with Gasteiger partial charge in [-0.2, -0.15) is 0 Å². The monoisotopic (exact) mass is 303 g/mol. The van der Waals surface area contributed by atoms with Crippen molar-refractivity contribution >= 4 is 24.2 Å². The van der Waals surface area contributed by atoms with Gasteiger partial charge in [-0.15, -0.1) is 12.6 Å². The summed E-state index contributed by atoms with van der Waals surface area (Å²) in [7, 11) is 3.13. The van der Waals surface area contributed by atoms with Crippen LogP contribution in [0.25, 0.3) is 0 Å². The summed E-state index contributed by atoms with van der Waals surface area (Å²) in [6.07, 6.45) is 0.286. The molecule has 0 saturated carbocycles. The molecule has 0 aliphatic carbocycles. The molecule has 1 amide bonds. The Morgan fingerprint density at radius 1 is 1.10 bits per heavy atom. The Morgan fingerprint density at radius 3 is 2.43 bits per heavy atom. The van der Waals surface area contributed by atoms with Gasteiger partial charge in [0, 0.05) is 11.0 Å². The van der Waals surface area contributed by atoms with Crippen LogP contribution in [-0.2, 0) is 11.2 Å². The van der Waals surface area contributed by atoms with Gasteiger partial charge in [-0.25, -0.2) is 0 Å². The van der Waals surface area contributed by atoms with Gasteiger partial charge in [-0.1, -0.05) is 12.1 Å². The van der Waals surface area contributed by atoms with Crippen molar-refractivity contribution in [3.05, 3.63) is 48.0 Å². The second-order valence-electron chi connectivity index (χ2n) is 4.46. The van der Waals surface area contributed by atoms with Gasteiger partial charge in [-0.3, -0.25) is 4.79 Å². The lowest BCUT2D eigenvalue weighted by Crippen LogP contribution is -2.15. The molecule has 0 aliphatic rings. The Kier molecular flexibility index (Phi) is 5.11. The van der Waals surface area contributed by atoms with Crippen LogP contribution < -0.4 is 14.8 Å². The number of carbonyl (C=O) groups excluding carboxylic acids is 1. The maximum Gasteiger partial charge on any atom is 0.228 e. The summed E-state index contributed by atoms with van der Waals surface area (Å²) in [6, 6.07) is 12.7. The number of anilines is 1. The van der Waals surface area contributed by atoms with E-state index < -0.39 is 0 Å². The second-order valence-corrected chi connectivity index (χ2v) is 4.97.